The molecule has 1 rings (SSSR count). The predicted octanol–water partition coefficient (Wildman–Crippen LogP) is 3.30. The third kappa shape index (κ3) is 10.7. The smallest absolute Gasteiger partial charge is 0.00450 e. The molecule has 0 bridgehead atoms. The summed E-state index contributed by atoms with van der Waals surface area (Å²) in [4.78, 5) is 0. The minimum atomic E-state index is 0.403. The van der Waals surface area contributed by atoms with Crippen LogP contribution in [0.4, 0.5) is 0 Å². The summed E-state index contributed by atoms with van der Waals surface area (Å²) in [5.74, 6) is 2.76. The second kappa shape index (κ2) is 9.75. The molecule has 0 aliphatic carbocycles. The molecule has 0 aromatic rings. The van der Waals surface area contributed by atoms with Gasteiger partial charge in [-0.2, -0.15) is 0 Å². The van der Waals surface area contributed by atoms with Gasteiger partial charge >= 0.3 is 0 Å². The van der Waals surface area contributed by atoms with Gasteiger partial charge in [0.05, 0.1) is 0 Å². The Hall–Kier alpha value is 0.660. The minimum Gasteiger partial charge on any atom is -0.328 e. The summed E-state index contributed by atoms with van der Waals surface area (Å²) in [5, 5.41) is 0. The fourth-order valence-electron chi connectivity index (χ4n) is 0.821. The van der Waals surface area contributed by atoms with Crippen molar-refractivity contribution in [1.82, 2.24) is 0 Å². The Kier molecular flexibility index (Phi) is 10.3. The SMILES string of the molecule is C1CSSC1.CCCCC(C)N. The summed E-state index contributed by atoms with van der Waals surface area (Å²) in [6.45, 7) is 4.23. The van der Waals surface area contributed by atoms with Crippen LogP contribution in [0.5, 0.6) is 0 Å². The highest BCUT2D eigenvalue weighted by molar-refractivity contribution is 8.77. The molecule has 0 spiro atoms. The normalized spacial score (nSPS) is 18.2. The van der Waals surface area contributed by atoms with Gasteiger partial charge < -0.3 is 5.73 Å². The highest BCUT2D eigenvalue weighted by Crippen LogP contribution is 2.29. The van der Waals surface area contributed by atoms with Gasteiger partial charge in [0.1, 0.15) is 0 Å². The molecule has 0 radical (unpaired) electrons. The van der Waals surface area contributed by atoms with E-state index in [1.165, 1.54) is 37.2 Å². The maximum absolute atomic E-state index is 5.48. The molecule has 0 amide bonds. The quantitative estimate of drug-likeness (QED) is 0.719. The van der Waals surface area contributed by atoms with E-state index in [-0.39, 0.29) is 0 Å². The number of unbranched alkanes of at least 4 members (excludes halogenated alkanes) is 1. The van der Waals surface area contributed by atoms with Crippen molar-refractivity contribution in [1.29, 1.82) is 0 Å². The van der Waals surface area contributed by atoms with Crippen LogP contribution in [-0.2, 0) is 0 Å². The average molecular weight is 207 g/mol. The van der Waals surface area contributed by atoms with Crippen LogP contribution < -0.4 is 5.73 Å². The van der Waals surface area contributed by atoms with Crippen molar-refractivity contribution in [3.8, 4) is 0 Å². The molecule has 3 heteroatoms. The zero-order valence-electron chi connectivity index (χ0n) is 8.21. The second-order valence-corrected chi connectivity index (χ2v) is 5.82. The highest BCUT2D eigenvalue weighted by Gasteiger charge is 1.96. The molecular weight excluding hydrogens is 186 g/mol. The first-order valence-corrected chi connectivity index (χ1v) is 7.26. The van der Waals surface area contributed by atoms with Crippen LogP contribution >= 0.6 is 21.6 Å². The number of hydrogen-bond acceptors (Lipinski definition) is 3. The van der Waals surface area contributed by atoms with Crippen molar-refractivity contribution in [3.05, 3.63) is 0 Å². The van der Waals surface area contributed by atoms with E-state index in [4.69, 9.17) is 5.73 Å². The second-order valence-electron chi connectivity index (χ2n) is 3.12. The molecule has 1 unspecified atom stereocenters. The molecule has 1 saturated heterocycles. The first-order valence-electron chi connectivity index (χ1n) is 4.77. The third-order valence-electron chi connectivity index (χ3n) is 1.55. The molecule has 0 saturated carbocycles. The van der Waals surface area contributed by atoms with Crippen LogP contribution in [0.2, 0.25) is 0 Å². The van der Waals surface area contributed by atoms with Crippen molar-refractivity contribution in [2.75, 3.05) is 11.5 Å². The summed E-state index contributed by atoms with van der Waals surface area (Å²) in [5.41, 5.74) is 5.48. The Morgan fingerprint density at radius 2 is 1.92 bits per heavy atom. The molecule has 1 fully saturated rings. The van der Waals surface area contributed by atoms with Crippen molar-refractivity contribution < 1.29 is 0 Å². The van der Waals surface area contributed by atoms with Crippen molar-refractivity contribution in [3.63, 3.8) is 0 Å². The van der Waals surface area contributed by atoms with Gasteiger partial charge in [0.2, 0.25) is 0 Å². The Labute approximate surface area is 84.6 Å². The van der Waals surface area contributed by atoms with E-state index in [0.29, 0.717) is 6.04 Å². The molecule has 0 aromatic carbocycles. The standard InChI is InChI=1S/C6H15N.C3H6S2/c1-3-4-5-6(2)7;1-2-4-5-3-1/h6H,3-5,7H2,1-2H3;1-3H2. The molecular formula is C9H21NS2. The highest BCUT2D eigenvalue weighted by atomic mass is 33.1. The van der Waals surface area contributed by atoms with Crippen molar-refractivity contribution in [2.45, 2.75) is 45.6 Å². The van der Waals surface area contributed by atoms with E-state index in [1.807, 2.05) is 21.6 Å². The van der Waals surface area contributed by atoms with E-state index in [0.717, 1.165) is 0 Å². The van der Waals surface area contributed by atoms with Crippen LogP contribution in [0.3, 0.4) is 0 Å². The molecule has 12 heavy (non-hydrogen) atoms. The van der Waals surface area contributed by atoms with Crippen LogP contribution in [0, 0.1) is 0 Å². The molecule has 2 N–H and O–H groups in total. The van der Waals surface area contributed by atoms with E-state index >= 15 is 0 Å². The van der Waals surface area contributed by atoms with E-state index in [9.17, 15) is 0 Å². The molecule has 0 aromatic heterocycles. The van der Waals surface area contributed by atoms with Crippen LogP contribution in [0.1, 0.15) is 39.5 Å². The fraction of sp³-hybridized carbons (Fsp3) is 1.00. The number of hydrogen-bond donors (Lipinski definition) is 1. The van der Waals surface area contributed by atoms with Gasteiger partial charge in [-0.15, -0.1) is 0 Å². The summed E-state index contributed by atoms with van der Waals surface area (Å²) in [6.07, 6.45) is 5.14. The van der Waals surface area contributed by atoms with Crippen molar-refractivity contribution >= 4 is 21.6 Å². The molecule has 1 aliphatic rings. The van der Waals surface area contributed by atoms with Gasteiger partial charge in [0.25, 0.3) is 0 Å². The molecule has 1 nitrogen and oxygen atoms in total. The maximum atomic E-state index is 5.48. The first kappa shape index (κ1) is 12.7. The van der Waals surface area contributed by atoms with E-state index < -0.39 is 0 Å². The van der Waals surface area contributed by atoms with Crippen LogP contribution in [0.25, 0.3) is 0 Å². The first-order chi connectivity index (χ1) is 5.77. The average Bonchev–Trinajstić information content (AvgIpc) is 2.57. The van der Waals surface area contributed by atoms with E-state index in [2.05, 4.69) is 13.8 Å². The lowest BCUT2D eigenvalue weighted by atomic mass is 10.2. The zero-order chi connectivity index (χ0) is 9.23. The maximum Gasteiger partial charge on any atom is 0.00450 e. The Morgan fingerprint density at radius 1 is 1.33 bits per heavy atom. The van der Waals surface area contributed by atoms with Gasteiger partial charge in [-0.3, -0.25) is 0 Å². The lowest BCUT2D eigenvalue weighted by Gasteiger charge is -1.99. The summed E-state index contributed by atoms with van der Waals surface area (Å²) < 4.78 is 0. The predicted molar refractivity (Wildman–Crippen MR) is 62.7 cm³/mol. The molecule has 1 atom stereocenters. The minimum absolute atomic E-state index is 0.403. The summed E-state index contributed by atoms with van der Waals surface area (Å²) >= 11 is 0. The zero-order valence-corrected chi connectivity index (χ0v) is 9.85. The summed E-state index contributed by atoms with van der Waals surface area (Å²) in [6, 6.07) is 0.403. The lowest BCUT2D eigenvalue weighted by Crippen LogP contribution is -2.13. The van der Waals surface area contributed by atoms with Crippen LogP contribution in [0.15, 0.2) is 0 Å². The molecule has 1 heterocycles. The topological polar surface area (TPSA) is 26.0 Å². The molecule has 74 valence electrons. The van der Waals surface area contributed by atoms with Gasteiger partial charge in [-0.1, -0.05) is 41.4 Å². The Morgan fingerprint density at radius 3 is 2.08 bits per heavy atom. The molecule has 1 aliphatic heterocycles. The fourth-order valence-corrected chi connectivity index (χ4v) is 3.18. The van der Waals surface area contributed by atoms with Gasteiger partial charge in [-0.05, 0) is 19.8 Å². The Balaban J connectivity index is 0.000000211. The lowest BCUT2D eigenvalue weighted by molar-refractivity contribution is 0.616. The number of rotatable bonds is 3. The van der Waals surface area contributed by atoms with Gasteiger partial charge in [0.15, 0.2) is 0 Å². The van der Waals surface area contributed by atoms with Crippen molar-refractivity contribution in [2.24, 2.45) is 5.73 Å². The van der Waals surface area contributed by atoms with Crippen LogP contribution in [-0.4, -0.2) is 17.5 Å². The Bertz CT molecular complexity index is 75.0. The largest absolute Gasteiger partial charge is 0.328 e. The monoisotopic (exact) mass is 207 g/mol. The third-order valence-corrected chi connectivity index (χ3v) is 4.13. The van der Waals surface area contributed by atoms with Gasteiger partial charge in [-0.25, -0.2) is 0 Å². The van der Waals surface area contributed by atoms with Gasteiger partial charge in [0, 0.05) is 17.5 Å². The number of nitrogens with two attached hydrogens (primary N) is 1. The summed E-state index contributed by atoms with van der Waals surface area (Å²) in [7, 11) is 3.98. The van der Waals surface area contributed by atoms with E-state index in [1.54, 1.807) is 0 Å².